The second-order valence-corrected chi connectivity index (χ2v) is 6.11. The van der Waals surface area contributed by atoms with Crippen LogP contribution in [0.5, 0.6) is 5.75 Å². The first-order valence-corrected chi connectivity index (χ1v) is 7.95. The van der Waals surface area contributed by atoms with Gasteiger partial charge in [0.2, 0.25) is 0 Å². The highest BCUT2D eigenvalue weighted by Crippen LogP contribution is 2.32. The van der Waals surface area contributed by atoms with Gasteiger partial charge < -0.3 is 15.2 Å². The molecule has 1 saturated carbocycles. The summed E-state index contributed by atoms with van der Waals surface area (Å²) in [5.41, 5.74) is 2.14. The van der Waals surface area contributed by atoms with Crippen molar-refractivity contribution in [2.75, 3.05) is 6.61 Å². The summed E-state index contributed by atoms with van der Waals surface area (Å²) in [5.74, 6) is 0.608. The number of aliphatic hydroxyl groups excluding tert-OH is 1. The van der Waals surface area contributed by atoms with Crippen molar-refractivity contribution >= 4 is 5.91 Å². The molecular formula is C17H23NO3. The quantitative estimate of drug-likeness (QED) is 0.895. The predicted molar refractivity (Wildman–Crippen MR) is 80.2 cm³/mol. The van der Waals surface area contributed by atoms with Gasteiger partial charge in [-0.3, -0.25) is 4.79 Å². The number of rotatable bonds is 4. The van der Waals surface area contributed by atoms with Gasteiger partial charge in [-0.15, -0.1) is 0 Å². The van der Waals surface area contributed by atoms with E-state index in [4.69, 9.17) is 4.74 Å². The van der Waals surface area contributed by atoms with Crippen LogP contribution in [0.25, 0.3) is 0 Å². The second-order valence-electron chi connectivity index (χ2n) is 6.11. The molecule has 114 valence electrons. The van der Waals surface area contributed by atoms with E-state index in [-0.39, 0.29) is 12.5 Å². The summed E-state index contributed by atoms with van der Waals surface area (Å²) >= 11 is 0. The first kappa shape index (κ1) is 14.4. The number of carbonyl (C=O) groups excluding carboxylic acids is 1. The summed E-state index contributed by atoms with van der Waals surface area (Å²) in [7, 11) is 0. The number of carbonyl (C=O) groups is 1. The van der Waals surface area contributed by atoms with Gasteiger partial charge >= 0.3 is 0 Å². The molecule has 4 nitrogen and oxygen atoms in total. The molecule has 3 rings (SSSR count). The van der Waals surface area contributed by atoms with Crippen LogP contribution >= 0.6 is 0 Å². The van der Waals surface area contributed by atoms with E-state index in [1.165, 1.54) is 18.4 Å². The van der Waals surface area contributed by atoms with Crippen LogP contribution in [0.15, 0.2) is 18.2 Å². The van der Waals surface area contributed by atoms with Crippen molar-refractivity contribution in [1.29, 1.82) is 0 Å². The minimum absolute atomic E-state index is 0.0470. The lowest BCUT2D eigenvalue weighted by molar-refractivity contribution is -0.123. The minimum Gasteiger partial charge on any atom is -0.484 e. The van der Waals surface area contributed by atoms with Crippen LogP contribution in [0.3, 0.4) is 0 Å². The number of ether oxygens (including phenoxy) is 1. The number of nitrogens with one attached hydrogen (secondary N) is 1. The molecule has 0 radical (unpaired) electrons. The standard InChI is InChI=1S/C17H23NO3/c19-16-7-3-4-12-8-9-14(10-15(12)16)21-11-17(20)18-13-5-1-2-6-13/h8-10,13,16,19H,1-7,11H2,(H,18,20)/t16-/m1/s1. The summed E-state index contributed by atoms with van der Waals surface area (Å²) in [6, 6.07) is 6.09. The minimum atomic E-state index is -0.399. The van der Waals surface area contributed by atoms with E-state index in [0.717, 1.165) is 37.7 Å². The summed E-state index contributed by atoms with van der Waals surface area (Å²) in [5, 5.41) is 13.0. The number of hydrogen-bond donors (Lipinski definition) is 2. The van der Waals surface area contributed by atoms with E-state index in [2.05, 4.69) is 5.32 Å². The van der Waals surface area contributed by atoms with Crippen LogP contribution in [0.2, 0.25) is 0 Å². The Hall–Kier alpha value is -1.55. The average Bonchev–Trinajstić information content (AvgIpc) is 2.98. The number of amides is 1. The summed E-state index contributed by atoms with van der Waals surface area (Å²) in [6.07, 6.45) is 7.01. The maximum absolute atomic E-state index is 11.8. The average molecular weight is 289 g/mol. The Morgan fingerprint density at radius 2 is 2.05 bits per heavy atom. The van der Waals surface area contributed by atoms with E-state index in [1.807, 2.05) is 18.2 Å². The van der Waals surface area contributed by atoms with Gasteiger partial charge in [0.25, 0.3) is 5.91 Å². The Bertz CT molecular complexity index is 509. The van der Waals surface area contributed by atoms with E-state index in [9.17, 15) is 9.90 Å². The van der Waals surface area contributed by atoms with Crippen molar-refractivity contribution in [2.45, 2.75) is 57.1 Å². The number of hydrogen-bond acceptors (Lipinski definition) is 3. The maximum Gasteiger partial charge on any atom is 0.258 e. The van der Waals surface area contributed by atoms with E-state index < -0.39 is 6.10 Å². The SMILES string of the molecule is O=C(COc1ccc2c(c1)[C@H](O)CCC2)NC1CCCC1. The van der Waals surface area contributed by atoms with E-state index in [0.29, 0.717) is 11.8 Å². The first-order chi connectivity index (χ1) is 10.2. The molecule has 0 bridgehead atoms. The molecule has 0 saturated heterocycles. The van der Waals surface area contributed by atoms with Crippen LogP contribution in [0, 0.1) is 0 Å². The Morgan fingerprint density at radius 3 is 2.86 bits per heavy atom. The number of benzene rings is 1. The van der Waals surface area contributed by atoms with Gasteiger partial charge in [-0.1, -0.05) is 18.9 Å². The highest BCUT2D eigenvalue weighted by atomic mass is 16.5. The molecular weight excluding hydrogens is 266 g/mol. The molecule has 4 heteroatoms. The first-order valence-electron chi connectivity index (χ1n) is 7.95. The van der Waals surface area contributed by atoms with Crippen molar-refractivity contribution in [2.24, 2.45) is 0 Å². The van der Waals surface area contributed by atoms with Crippen LogP contribution in [0.4, 0.5) is 0 Å². The number of aryl methyl sites for hydroxylation is 1. The van der Waals surface area contributed by atoms with Crippen LogP contribution in [0.1, 0.15) is 55.8 Å². The van der Waals surface area contributed by atoms with Gasteiger partial charge in [-0.05, 0) is 55.4 Å². The van der Waals surface area contributed by atoms with Crippen molar-refractivity contribution in [1.82, 2.24) is 5.32 Å². The molecule has 1 fully saturated rings. The van der Waals surface area contributed by atoms with Gasteiger partial charge in [0, 0.05) is 6.04 Å². The van der Waals surface area contributed by atoms with Crippen LogP contribution in [-0.2, 0) is 11.2 Å². The van der Waals surface area contributed by atoms with Crippen molar-refractivity contribution in [3.05, 3.63) is 29.3 Å². The fourth-order valence-corrected chi connectivity index (χ4v) is 3.33. The smallest absolute Gasteiger partial charge is 0.258 e. The monoisotopic (exact) mass is 289 g/mol. The number of aliphatic hydroxyl groups is 1. The molecule has 2 aliphatic rings. The van der Waals surface area contributed by atoms with Gasteiger partial charge in [-0.2, -0.15) is 0 Å². The molecule has 0 spiro atoms. The van der Waals surface area contributed by atoms with Gasteiger partial charge in [0.15, 0.2) is 6.61 Å². The zero-order chi connectivity index (χ0) is 14.7. The van der Waals surface area contributed by atoms with Gasteiger partial charge in [0.1, 0.15) is 5.75 Å². The third-order valence-corrected chi connectivity index (χ3v) is 4.49. The molecule has 1 atom stereocenters. The Labute approximate surface area is 125 Å². The summed E-state index contributed by atoms with van der Waals surface area (Å²) in [4.78, 5) is 11.8. The zero-order valence-corrected chi connectivity index (χ0v) is 12.3. The fourth-order valence-electron chi connectivity index (χ4n) is 3.33. The third-order valence-electron chi connectivity index (χ3n) is 4.49. The molecule has 0 aliphatic heterocycles. The van der Waals surface area contributed by atoms with Crippen molar-refractivity contribution < 1.29 is 14.6 Å². The maximum atomic E-state index is 11.8. The number of fused-ring (bicyclic) bond motifs is 1. The lowest BCUT2D eigenvalue weighted by Crippen LogP contribution is -2.36. The van der Waals surface area contributed by atoms with Crippen molar-refractivity contribution in [3.8, 4) is 5.75 Å². The molecule has 2 aliphatic carbocycles. The Kier molecular flexibility index (Phi) is 4.44. The molecule has 0 unspecified atom stereocenters. The topological polar surface area (TPSA) is 58.6 Å². The largest absolute Gasteiger partial charge is 0.484 e. The normalized spacial score (nSPS) is 21.9. The van der Waals surface area contributed by atoms with Gasteiger partial charge in [-0.25, -0.2) is 0 Å². The van der Waals surface area contributed by atoms with Crippen LogP contribution < -0.4 is 10.1 Å². The third kappa shape index (κ3) is 3.56. The van der Waals surface area contributed by atoms with E-state index in [1.54, 1.807) is 0 Å². The highest BCUT2D eigenvalue weighted by molar-refractivity contribution is 5.77. The molecule has 0 heterocycles. The lowest BCUT2D eigenvalue weighted by Gasteiger charge is -2.22. The highest BCUT2D eigenvalue weighted by Gasteiger charge is 2.19. The summed E-state index contributed by atoms with van der Waals surface area (Å²) in [6.45, 7) is 0.0470. The Morgan fingerprint density at radius 1 is 1.24 bits per heavy atom. The predicted octanol–water partition coefficient (Wildman–Crippen LogP) is 2.49. The molecule has 1 amide bonds. The lowest BCUT2D eigenvalue weighted by atomic mass is 9.89. The summed E-state index contributed by atoms with van der Waals surface area (Å²) < 4.78 is 5.57. The van der Waals surface area contributed by atoms with Crippen molar-refractivity contribution in [3.63, 3.8) is 0 Å². The molecule has 21 heavy (non-hydrogen) atoms. The molecule has 0 aromatic heterocycles. The second kappa shape index (κ2) is 6.48. The zero-order valence-electron chi connectivity index (χ0n) is 12.3. The van der Waals surface area contributed by atoms with Gasteiger partial charge in [0.05, 0.1) is 6.10 Å². The molecule has 2 N–H and O–H groups in total. The molecule has 1 aromatic carbocycles. The Balaban J connectivity index is 1.55. The molecule has 1 aromatic rings. The fraction of sp³-hybridized carbons (Fsp3) is 0.588. The van der Waals surface area contributed by atoms with E-state index >= 15 is 0 Å². The van der Waals surface area contributed by atoms with Crippen LogP contribution in [-0.4, -0.2) is 23.7 Å².